The Labute approximate surface area is 242 Å². The van der Waals surface area contributed by atoms with Gasteiger partial charge in [-0.2, -0.15) is 0 Å². The standard InChI is InChI=1S/C32H31F2N3O5/c1-4-23(38)13-19-11-20(14-22(12-19)36-7-9-42-10-8-36)25-15-24-21(17-35-25)18-37(31(39)32(24)5-6-32)30-28(33)26(40-2)16-27(41-3)29(30)34/h4,11-12,14-17H,1,5-10,13,18H2,2-3H3. The lowest BCUT2D eigenvalue weighted by atomic mass is 9.85. The Kier molecular flexibility index (Phi) is 7.18. The number of rotatable bonds is 8. The number of benzene rings is 2. The van der Waals surface area contributed by atoms with E-state index in [1.54, 1.807) is 6.20 Å². The van der Waals surface area contributed by atoms with Crippen LogP contribution in [-0.2, 0) is 32.7 Å². The number of methoxy groups -OCH3 is 2. The van der Waals surface area contributed by atoms with Crippen LogP contribution in [0.25, 0.3) is 11.3 Å². The minimum absolute atomic E-state index is 0.0553. The van der Waals surface area contributed by atoms with Gasteiger partial charge in [0.2, 0.25) is 5.91 Å². The number of ketones is 1. The summed E-state index contributed by atoms with van der Waals surface area (Å²) < 4.78 is 46.5. The van der Waals surface area contributed by atoms with Gasteiger partial charge >= 0.3 is 0 Å². The topological polar surface area (TPSA) is 81.2 Å². The second-order valence-electron chi connectivity index (χ2n) is 10.8. The molecule has 2 aliphatic heterocycles. The molecule has 10 heteroatoms. The third-order valence-corrected chi connectivity index (χ3v) is 8.31. The van der Waals surface area contributed by atoms with E-state index in [-0.39, 0.29) is 36.2 Å². The zero-order valence-corrected chi connectivity index (χ0v) is 23.5. The van der Waals surface area contributed by atoms with Gasteiger partial charge in [-0.15, -0.1) is 0 Å². The van der Waals surface area contributed by atoms with Gasteiger partial charge < -0.3 is 24.0 Å². The molecule has 3 heterocycles. The molecule has 1 aliphatic carbocycles. The molecule has 0 N–H and O–H groups in total. The highest BCUT2D eigenvalue weighted by Crippen LogP contribution is 2.55. The van der Waals surface area contributed by atoms with Crippen LogP contribution < -0.4 is 19.3 Å². The van der Waals surface area contributed by atoms with Crippen molar-refractivity contribution < 1.29 is 32.6 Å². The highest BCUT2D eigenvalue weighted by Gasteiger charge is 2.57. The van der Waals surface area contributed by atoms with Gasteiger partial charge in [0, 0.05) is 43.0 Å². The second kappa shape index (κ2) is 10.8. The molecule has 218 valence electrons. The molecule has 2 aromatic carbocycles. The number of allylic oxidation sites excluding steroid dienone is 1. The van der Waals surface area contributed by atoms with E-state index in [1.807, 2.05) is 24.3 Å². The number of morpholine rings is 1. The minimum Gasteiger partial charge on any atom is -0.493 e. The molecule has 8 nitrogen and oxygen atoms in total. The van der Waals surface area contributed by atoms with Crippen LogP contribution in [0.5, 0.6) is 11.5 Å². The maximum absolute atomic E-state index is 15.4. The van der Waals surface area contributed by atoms with Crippen molar-refractivity contribution in [1.29, 1.82) is 0 Å². The number of pyridine rings is 1. The second-order valence-corrected chi connectivity index (χ2v) is 10.8. The van der Waals surface area contributed by atoms with Crippen LogP contribution in [0.2, 0.25) is 0 Å². The summed E-state index contributed by atoms with van der Waals surface area (Å²) in [5.41, 5.74) is 3.39. The van der Waals surface area contributed by atoms with Gasteiger partial charge in [0.15, 0.2) is 28.9 Å². The Morgan fingerprint density at radius 1 is 1.07 bits per heavy atom. The van der Waals surface area contributed by atoms with Gasteiger partial charge in [-0.3, -0.25) is 14.6 Å². The summed E-state index contributed by atoms with van der Waals surface area (Å²) in [4.78, 5) is 34.2. The number of ether oxygens (including phenoxy) is 3. The Hall–Kier alpha value is -4.31. The number of carbonyl (C=O) groups excluding carboxylic acids is 2. The van der Waals surface area contributed by atoms with Crippen LogP contribution in [0.3, 0.4) is 0 Å². The van der Waals surface area contributed by atoms with E-state index in [0.717, 1.165) is 46.4 Å². The maximum atomic E-state index is 15.4. The molecule has 0 radical (unpaired) electrons. The summed E-state index contributed by atoms with van der Waals surface area (Å²) in [6.45, 7) is 6.23. The molecule has 1 saturated carbocycles. The molecular weight excluding hydrogens is 544 g/mol. The first-order valence-corrected chi connectivity index (χ1v) is 13.8. The van der Waals surface area contributed by atoms with Crippen LogP contribution >= 0.6 is 0 Å². The number of hydrogen-bond acceptors (Lipinski definition) is 7. The fourth-order valence-electron chi connectivity index (χ4n) is 5.93. The SMILES string of the molecule is C=CC(=O)Cc1cc(-c2cc3c(cn2)CN(c2c(F)c(OC)cc(OC)c2F)C(=O)C32CC2)cc(N2CCOCC2)c1. The van der Waals surface area contributed by atoms with Crippen LogP contribution in [-0.4, -0.2) is 57.2 Å². The molecule has 0 atom stereocenters. The first-order valence-electron chi connectivity index (χ1n) is 13.8. The van der Waals surface area contributed by atoms with E-state index in [9.17, 15) is 9.59 Å². The Morgan fingerprint density at radius 2 is 1.76 bits per heavy atom. The summed E-state index contributed by atoms with van der Waals surface area (Å²) in [5.74, 6) is -2.82. The van der Waals surface area contributed by atoms with Crippen LogP contribution in [0.4, 0.5) is 20.2 Å². The van der Waals surface area contributed by atoms with Crippen LogP contribution in [0.1, 0.15) is 29.5 Å². The number of carbonyl (C=O) groups is 2. The van der Waals surface area contributed by atoms with Crippen molar-refractivity contribution >= 4 is 23.1 Å². The largest absolute Gasteiger partial charge is 0.493 e. The molecule has 3 aromatic rings. The van der Waals surface area contributed by atoms with Gasteiger partial charge in [0.1, 0.15) is 5.69 Å². The lowest BCUT2D eigenvalue weighted by molar-refractivity contribution is -0.121. The van der Waals surface area contributed by atoms with E-state index in [4.69, 9.17) is 19.2 Å². The Bertz CT molecular complexity index is 1570. The molecule has 1 amide bonds. The normalized spacial score (nSPS) is 17.2. The van der Waals surface area contributed by atoms with Crippen LogP contribution in [0.15, 0.2) is 49.2 Å². The summed E-state index contributed by atoms with van der Waals surface area (Å²) in [5, 5.41) is 0. The fourth-order valence-corrected chi connectivity index (χ4v) is 5.93. The van der Waals surface area contributed by atoms with Crippen molar-refractivity contribution in [3.63, 3.8) is 0 Å². The molecular formula is C32H31F2N3O5. The Morgan fingerprint density at radius 3 is 2.38 bits per heavy atom. The third kappa shape index (κ3) is 4.69. The van der Waals surface area contributed by atoms with E-state index >= 15 is 8.78 Å². The average Bonchev–Trinajstić information content (AvgIpc) is 3.82. The van der Waals surface area contributed by atoms with Gasteiger partial charge in [-0.1, -0.05) is 6.58 Å². The van der Waals surface area contributed by atoms with E-state index in [2.05, 4.69) is 11.5 Å². The molecule has 0 bridgehead atoms. The predicted octanol–water partition coefficient (Wildman–Crippen LogP) is 4.76. The van der Waals surface area contributed by atoms with E-state index in [0.29, 0.717) is 37.3 Å². The van der Waals surface area contributed by atoms with Gasteiger partial charge in [-0.25, -0.2) is 8.78 Å². The van der Waals surface area contributed by atoms with Gasteiger partial charge in [0.25, 0.3) is 0 Å². The first-order chi connectivity index (χ1) is 20.3. The van der Waals surface area contributed by atoms with Crippen LogP contribution in [0, 0.1) is 11.6 Å². The monoisotopic (exact) mass is 575 g/mol. The number of fused-ring (bicyclic) bond motifs is 2. The third-order valence-electron chi connectivity index (χ3n) is 8.31. The van der Waals surface area contributed by atoms with Gasteiger partial charge in [-0.05, 0) is 59.9 Å². The predicted molar refractivity (Wildman–Crippen MR) is 153 cm³/mol. The highest BCUT2D eigenvalue weighted by atomic mass is 19.1. The summed E-state index contributed by atoms with van der Waals surface area (Å²) >= 11 is 0. The van der Waals surface area contributed by atoms with Crippen molar-refractivity contribution in [1.82, 2.24) is 4.98 Å². The van der Waals surface area contributed by atoms with Crippen molar-refractivity contribution in [3.05, 3.63) is 77.5 Å². The lowest BCUT2D eigenvalue weighted by Gasteiger charge is -2.35. The summed E-state index contributed by atoms with van der Waals surface area (Å²) in [7, 11) is 2.54. The number of halogens is 2. The smallest absolute Gasteiger partial charge is 0.238 e. The van der Waals surface area contributed by atoms with E-state index in [1.165, 1.54) is 20.3 Å². The number of aromatic nitrogens is 1. The zero-order valence-electron chi connectivity index (χ0n) is 23.5. The molecule has 42 heavy (non-hydrogen) atoms. The minimum atomic E-state index is -0.963. The van der Waals surface area contributed by atoms with E-state index < -0.39 is 22.7 Å². The molecule has 1 saturated heterocycles. The molecule has 0 unspecified atom stereocenters. The summed E-state index contributed by atoms with van der Waals surface area (Å²) in [6.07, 6.45) is 4.30. The Balaban J connectivity index is 1.42. The molecule has 1 aromatic heterocycles. The highest BCUT2D eigenvalue weighted by molar-refractivity contribution is 6.05. The van der Waals surface area contributed by atoms with Gasteiger partial charge in [0.05, 0.1) is 45.1 Å². The number of amides is 1. The fraction of sp³-hybridized carbons (Fsp3) is 0.344. The molecule has 2 fully saturated rings. The number of hydrogen-bond donors (Lipinski definition) is 0. The zero-order chi connectivity index (χ0) is 29.6. The molecule has 3 aliphatic rings. The first kappa shape index (κ1) is 27.8. The number of nitrogens with zero attached hydrogens (tertiary/aromatic N) is 3. The van der Waals surface area contributed by atoms with Crippen molar-refractivity contribution in [2.24, 2.45) is 0 Å². The quantitative estimate of drug-likeness (QED) is 0.359. The molecule has 1 spiro atoms. The molecule has 6 rings (SSSR count). The van der Waals surface area contributed by atoms with Crippen molar-refractivity contribution in [2.75, 3.05) is 50.3 Å². The van der Waals surface area contributed by atoms with Crippen molar-refractivity contribution in [2.45, 2.75) is 31.2 Å². The van der Waals surface area contributed by atoms with Crippen molar-refractivity contribution in [3.8, 4) is 22.8 Å². The maximum Gasteiger partial charge on any atom is 0.238 e. The average molecular weight is 576 g/mol. The number of anilines is 2. The lowest BCUT2D eigenvalue weighted by Crippen LogP contribution is -2.45. The summed E-state index contributed by atoms with van der Waals surface area (Å²) in [6, 6.07) is 9.01.